The first-order valence-corrected chi connectivity index (χ1v) is 10.8. The maximum Gasteiger partial charge on any atom is 0.315 e. The molecule has 0 radical (unpaired) electrons. The number of fused-ring (bicyclic) bond motifs is 1. The fraction of sp³-hybridized carbons (Fsp3) is 0.850. The lowest BCUT2D eigenvalue weighted by atomic mass is 9.88. The Kier molecular flexibility index (Phi) is 5.49. The van der Waals surface area contributed by atoms with Crippen LogP contribution in [-0.4, -0.2) is 77.5 Å². The Morgan fingerprint density at radius 2 is 1.86 bits per heavy atom. The highest BCUT2D eigenvalue weighted by Crippen LogP contribution is 2.34. The van der Waals surface area contributed by atoms with Crippen molar-refractivity contribution in [3.8, 4) is 0 Å². The van der Waals surface area contributed by atoms with Crippen molar-refractivity contribution in [1.29, 1.82) is 0 Å². The van der Waals surface area contributed by atoms with E-state index in [-0.39, 0.29) is 47.9 Å². The van der Waals surface area contributed by atoms with E-state index < -0.39 is 0 Å². The maximum absolute atomic E-state index is 13.3. The van der Waals surface area contributed by atoms with Gasteiger partial charge in [0.05, 0.1) is 6.04 Å². The summed E-state index contributed by atoms with van der Waals surface area (Å²) in [6.07, 6.45) is 6.21. The van der Waals surface area contributed by atoms with Gasteiger partial charge in [0, 0.05) is 43.7 Å². The quantitative estimate of drug-likeness (QED) is 0.612. The molecule has 0 aromatic heterocycles. The van der Waals surface area contributed by atoms with E-state index in [9.17, 15) is 14.4 Å². The largest absolute Gasteiger partial charge is 0.354 e. The number of nitrogens with zero attached hydrogens (tertiary/aromatic N) is 2. The van der Waals surface area contributed by atoms with Gasteiger partial charge in [-0.2, -0.15) is 0 Å². The highest BCUT2D eigenvalue weighted by Gasteiger charge is 2.48. The molecule has 4 amide bonds. The Hall–Kier alpha value is -1.83. The van der Waals surface area contributed by atoms with Crippen LogP contribution in [0.1, 0.15) is 52.4 Å². The summed E-state index contributed by atoms with van der Waals surface area (Å²) < 4.78 is 0. The molecule has 0 unspecified atom stereocenters. The van der Waals surface area contributed by atoms with E-state index in [0.29, 0.717) is 19.1 Å². The number of carbonyl (C=O) groups is 3. The van der Waals surface area contributed by atoms with Gasteiger partial charge in [0.2, 0.25) is 11.8 Å². The van der Waals surface area contributed by atoms with E-state index in [1.54, 1.807) is 0 Å². The van der Waals surface area contributed by atoms with E-state index in [1.807, 2.05) is 18.7 Å². The molecule has 4 aliphatic rings. The molecule has 156 valence electrons. The van der Waals surface area contributed by atoms with E-state index in [1.165, 1.54) is 6.42 Å². The van der Waals surface area contributed by atoms with Gasteiger partial charge in [-0.15, -0.1) is 0 Å². The summed E-state index contributed by atoms with van der Waals surface area (Å²) in [5, 5.41) is 8.88. The fourth-order valence-corrected chi connectivity index (χ4v) is 4.67. The second-order valence-electron chi connectivity index (χ2n) is 9.17. The van der Waals surface area contributed by atoms with Gasteiger partial charge < -0.3 is 20.9 Å². The fourth-order valence-electron chi connectivity index (χ4n) is 4.67. The highest BCUT2D eigenvalue weighted by molar-refractivity contribution is 5.86. The molecule has 4 rings (SSSR count). The van der Waals surface area contributed by atoms with Gasteiger partial charge in [-0.25, -0.2) is 4.79 Å². The number of hydrogen-bond donors (Lipinski definition) is 3. The summed E-state index contributed by atoms with van der Waals surface area (Å²) in [4.78, 5) is 41.7. The summed E-state index contributed by atoms with van der Waals surface area (Å²) in [6, 6.07) is 0.219. The minimum Gasteiger partial charge on any atom is -0.354 e. The molecule has 0 aromatic rings. The van der Waals surface area contributed by atoms with Crippen LogP contribution in [-0.2, 0) is 9.59 Å². The molecule has 2 aliphatic heterocycles. The van der Waals surface area contributed by atoms with Crippen molar-refractivity contribution < 1.29 is 14.4 Å². The molecule has 0 aromatic carbocycles. The number of amides is 4. The molecule has 3 N–H and O–H groups in total. The van der Waals surface area contributed by atoms with Crippen molar-refractivity contribution in [2.75, 3.05) is 19.6 Å². The van der Waals surface area contributed by atoms with E-state index in [2.05, 4.69) is 20.9 Å². The molecule has 8 heteroatoms. The minimum atomic E-state index is -0.271. The zero-order valence-electron chi connectivity index (χ0n) is 16.9. The zero-order chi connectivity index (χ0) is 19.8. The third kappa shape index (κ3) is 4.11. The Morgan fingerprint density at radius 3 is 2.46 bits per heavy atom. The molecule has 2 saturated heterocycles. The van der Waals surface area contributed by atoms with Crippen LogP contribution in [0.25, 0.3) is 0 Å². The van der Waals surface area contributed by atoms with Crippen molar-refractivity contribution in [2.45, 2.75) is 82.6 Å². The predicted molar refractivity (Wildman–Crippen MR) is 105 cm³/mol. The molecular formula is C20H33N5O3. The summed E-state index contributed by atoms with van der Waals surface area (Å²) in [6.45, 7) is 5.65. The van der Waals surface area contributed by atoms with Crippen molar-refractivity contribution in [2.24, 2.45) is 5.92 Å². The first-order valence-electron chi connectivity index (χ1n) is 10.8. The minimum absolute atomic E-state index is 0.0178. The number of hydrogen-bond acceptors (Lipinski definition) is 4. The van der Waals surface area contributed by atoms with Gasteiger partial charge in [0.25, 0.3) is 0 Å². The van der Waals surface area contributed by atoms with Gasteiger partial charge in [0.15, 0.2) is 0 Å². The normalized spacial score (nSPS) is 30.8. The van der Waals surface area contributed by atoms with Gasteiger partial charge in [-0.1, -0.05) is 6.42 Å². The monoisotopic (exact) mass is 391 g/mol. The highest BCUT2D eigenvalue weighted by atomic mass is 16.2. The number of urea groups is 1. The van der Waals surface area contributed by atoms with Gasteiger partial charge in [-0.3, -0.25) is 14.5 Å². The molecule has 2 saturated carbocycles. The Balaban J connectivity index is 1.39. The van der Waals surface area contributed by atoms with Crippen LogP contribution in [0.4, 0.5) is 4.79 Å². The topological polar surface area (TPSA) is 93.8 Å². The van der Waals surface area contributed by atoms with Crippen molar-refractivity contribution >= 4 is 17.8 Å². The Labute approximate surface area is 166 Å². The average Bonchev–Trinajstić information content (AvgIpc) is 3.34. The second-order valence-corrected chi connectivity index (χ2v) is 9.17. The van der Waals surface area contributed by atoms with Crippen LogP contribution in [0.2, 0.25) is 0 Å². The SMILES string of the molecule is CC(C)NC(=O)N[C@H]1C[C@H]2CN(C3CCC3)[C@@H](CNC(=O)C3CC3)C(=O)N2C1. The van der Waals surface area contributed by atoms with E-state index in [4.69, 9.17) is 0 Å². The molecule has 0 bridgehead atoms. The van der Waals surface area contributed by atoms with Crippen LogP contribution >= 0.6 is 0 Å². The Morgan fingerprint density at radius 1 is 1.11 bits per heavy atom. The first-order chi connectivity index (χ1) is 13.4. The Bertz CT molecular complexity index is 631. The lowest BCUT2D eigenvalue weighted by Gasteiger charge is -2.49. The summed E-state index contributed by atoms with van der Waals surface area (Å²) in [5.41, 5.74) is 0. The van der Waals surface area contributed by atoms with E-state index >= 15 is 0 Å². The molecule has 2 aliphatic carbocycles. The van der Waals surface area contributed by atoms with Crippen LogP contribution < -0.4 is 16.0 Å². The van der Waals surface area contributed by atoms with Crippen molar-refractivity contribution in [3.63, 3.8) is 0 Å². The third-order valence-electron chi connectivity index (χ3n) is 6.52. The van der Waals surface area contributed by atoms with E-state index in [0.717, 1.165) is 38.6 Å². The maximum atomic E-state index is 13.3. The summed E-state index contributed by atoms with van der Waals surface area (Å²) in [7, 11) is 0. The molecule has 2 heterocycles. The molecule has 8 nitrogen and oxygen atoms in total. The standard InChI is InChI=1S/C20H33N5O3/c1-12(2)22-20(28)23-14-8-16-11-24(15-4-3-5-15)17(19(27)25(16)10-14)9-21-18(26)13-6-7-13/h12-17H,3-11H2,1-2H3,(H,21,26)(H2,22,23,28)/t14-,16-,17-/m0/s1. The number of nitrogens with one attached hydrogen (secondary N) is 3. The lowest BCUT2D eigenvalue weighted by Crippen LogP contribution is -2.65. The van der Waals surface area contributed by atoms with Gasteiger partial charge in [-0.05, 0) is 46.0 Å². The molecule has 4 fully saturated rings. The number of carbonyl (C=O) groups excluding carboxylic acids is 3. The van der Waals surface area contributed by atoms with Crippen LogP contribution in [0.5, 0.6) is 0 Å². The number of piperazine rings is 1. The smallest absolute Gasteiger partial charge is 0.315 e. The third-order valence-corrected chi connectivity index (χ3v) is 6.52. The molecule has 28 heavy (non-hydrogen) atoms. The van der Waals surface area contributed by atoms with Crippen LogP contribution in [0.3, 0.4) is 0 Å². The molecule has 0 spiro atoms. The first kappa shape index (κ1) is 19.5. The zero-order valence-corrected chi connectivity index (χ0v) is 16.9. The van der Waals surface area contributed by atoms with Gasteiger partial charge in [0.1, 0.15) is 6.04 Å². The number of rotatable bonds is 6. The average molecular weight is 392 g/mol. The van der Waals surface area contributed by atoms with Crippen molar-refractivity contribution in [3.05, 3.63) is 0 Å². The predicted octanol–water partition coefficient (Wildman–Crippen LogP) is 0.426. The molecule has 3 atom stereocenters. The molecular weight excluding hydrogens is 358 g/mol. The van der Waals surface area contributed by atoms with Crippen molar-refractivity contribution in [1.82, 2.24) is 25.8 Å². The summed E-state index contributed by atoms with van der Waals surface area (Å²) >= 11 is 0. The van der Waals surface area contributed by atoms with Crippen LogP contribution in [0, 0.1) is 5.92 Å². The summed E-state index contributed by atoms with van der Waals surface area (Å²) in [5.74, 6) is 0.353. The van der Waals surface area contributed by atoms with Gasteiger partial charge >= 0.3 is 6.03 Å². The second kappa shape index (κ2) is 7.89. The van der Waals surface area contributed by atoms with Crippen LogP contribution in [0.15, 0.2) is 0 Å². The lowest BCUT2D eigenvalue weighted by molar-refractivity contribution is -0.147.